The second-order valence-corrected chi connectivity index (χ2v) is 5.37. The minimum absolute atomic E-state index is 0.521. The summed E-state index contributed by atoms with van der Waals surface area (Å²) in [5.41, 5.74) is 1.35. The van der Waals surface area contributed by atoms with E-state index in [4.69, 9.17) is 0 Å². The lowest BCUT2D eigenvalue weighted by Crippen LogP contribution is -2.51. The van der Waals surface area contributed by atoms with Gasteiger partial charge in [0.2, 0.25) is 0 Å². The minimum atomic E-state index is 0.521. The maximum Gasteiger partial charge on any atom is 0.0376 e. The third-order valence-electron chi connectivity index (χ3n) is 3.96. The van der Waals surface area contributed by atoms with Crippen LogP contribution in [0.1, 0.15) is 26.2 Å². The first-order valence-corrected chi connectivity index (χ1v) is 6.81. The van der Waals surface area contributed by atoms with Crippen molar-refractivity contribution in [1.82, 2.24) is 15.1 Å². The van der Waals surface area contributed by atoms with Crippen LogP contribution < -0.4 is 5.32 Å². The molecule has 1 rings (SSSR count). The SMILES string of the molecule is C=C(CC)CC(NC)C1CN(C)CCCN1C. The van der Waals surface area contributed by atoms with E-state index >= 15 is 0 Å². The van der Waals surface area contributed by atoms with Crippen molar-refractivity contribution in [2.75, 3.05) is 40.8 Å². The van der Waals surface area contributed by atoms with Crippen LogP contribution in [0.5, 0.6) is 0 Å². The van der Waals surface area contributed by atoms with Gasteiger partial charge in [-0.25, -0.2) is 0 Å². The number of nitrogens with one attached hydrogen (secondary N) is 1. The molecule has 3 heteroatoms. The summed E-state index contributed by atoms with van der Waals surface area (Å²) < 4.78 is 0. The van der Waals surface area contributed by atoms with Crippen LogP contribution in [0.25, 0.3) is 0 Å². The molecule has 0 aliphatic carbocycles. The Morgan fingerprint density at radius 3 is 2.71 bits per heavy atom. The molecule has 3 nitrogen and oxygen atoms in total. The Bertz CT molecular complexity index is 240. The Labute approximate surface area is 107 Å². The highest BCUT2D eigenvalue weighted by atomic mass is 15.2. The van der Waals surface area contributed by atoms with E-state index in [9.17, 15) is 0 Å². The summed E-state index contributed by atoms with van der Waals surface area (Å²) in [6, 6.07) is 1.11. The second-order valence-electron chi connectivity index (χ2n) is 5.37. The molecule has 0 radical (unpaired) electrons. The molecule has 1 aliphatic rings. The average molecular weight is 239 g/mol. The lowest BCUT2D eigenvalue weighted by molar-refractivity contribution is 0.181. The van der Waals surface area contributed by atoms with Gasteiger partial charge in [0.15, 0.2) is 0 Å². The molecule has 0 aromatic carbocycles. The number of nitrogens with zero attached hydrogens (tertiary/aromatic N) is 2. The van der Waals surface area contributed by atoms with E-state index in [0.29, 0.717) is 12.1 Å². The largest absolute Gasteiger partial charge is 0.315 e. The van der Waals surface area contributed by atoms with Gasteiger partial charge in [-0.3, -0.25) is 0 Å². The van der Waals surface area contributed by atoms with Crippen molar-refractivity contribution in [2.45, 2.75) is 38.3 Å². The molecule has 100 valence electrons. The van der Waals surface area contributed by atoms with Crippen molar-refractivity contribution in [3.8, 4) is 0 Å². The highest BCUT2D eigenvalue weighted by molar-refractivity contribution is 5.00. The number of hydrogen-bond donors (Lipinski definition) is 1. The quantitative estimate of drug-likeness (QED) is 0.735. The Balaban J connectivity index is 2.66. The van der Waals surface area contributed by atoms with Crippen LogP contribution in [0.15, 0.2) is 12.2 Å². The molecule has 1 aliphatic heterocycles. The standard InChI is InChI=1S/C14H29N3/c1-6-12(2)10-13(15-3)14-11-16(4)8-7-9-17(14)5/h13-15H,2,6-11H2,1,3-5H3. The van der Waals surface area contributed by atoms with Gasteiger partial charge >= 0.3 is 0 Å². The van der Waals surface area contributed by atoms with E-state index in [1.54, 1.807) is 0 Å². The molecular weight excluding hydrogens is 210 g/mol. The van der Waals surface area contributed by atoms with Crippen LogP contribution in [0, 0.1) is 0 Å². The van der Waals surface area contributed by atoms with Gasteiger partial charge in [0, 0.05) is 18.6 Å². The molecule has 0 amide bonds. The Morgan fingerprint density at radius 1 is 1.41 bits per heavy atom. The lowest BCUT2D eigenvalue weighted by atomic mass is 9.98. The Kier molecular flexibility index (Phi) is 6.17. The predicted octanol–water partition coefficient (Wildman–Crippen LogP) is 1.57. The number of rotatable bonds is 5. The van der Waals surface area contributed by atoms with Crippen molar-refractivity contribution < 1.29 is 0 Å². The van der Waals surface area contributed by atoms with Gasteiger partial charge in [0.05, 0.1) is 0 Å². The highest BCUT2D eigenvalue weighted by Crippen LogP contribution is 2.16. The summed E-state index contributed by atoms with van der Waals surface area (Å²) in [6.45, 7) is 9.91. The van der Waals surface area contributed by atoms with Crippen molar-refractivity contribution in [3.05, 3.63) is 12.2 Å². The molecule has 2 atom stereocenters. The first kappa shape index (κ1) is 14.7. The topological polar surface area (TPSA) is 18.5 Å². The van der Waals surface area contributed by atoms with Crippen LogP contribution in [-0.2, 0) is 0 Å². The van der Waals surface area contributed by atoms with E-state index in [-0.39, 0.29) is 0 Å². The van der Waals surface area contributed by atoms with Gasteiger partial charge in [0.1, 0.15) is 0 Å². The number of likely N-dealkylation sites (N-methyl/N-ethyl adjacent to an activating group) is 3. The zero-order valence-corrected chi connectivity index (χ0v) is 12.0. The summed E-state index contributed by atoms with van der Waals surface area (Å²) in [6.07, 6.45) is 3.45. The molecular formula is C14H29N3. The molecule has 1 fully saturated rings. The summed E-state index contributed by atoms with van der Waals surface area (Å²) in [5.74, 6) is 0. The monoisotopic (exact) mass is 239 g/mol. The molecule has 2 unspecified atom stereocenters. The summed E-state index contributed by atoms with van der Waals surface area (Å²) in [5, 5.41) is 3.49. The van der Waals surface area contributed by atoms with E-state index in [1.807, 2.05) is 0 Å². The van der Waals surface area contributed by atoms with Crippen molar-refractivity contribution in [2.24, 2.45) is 0 Å². The third-order valence-corrected chi connectivity index (χ3v) is 3.96. The zero-order valence-electron chi connectivity index (χ0n) is 12.0. The second kappa shape index (κ2) is 7.14. The zero-order chi connectivity index (χ0) is 12.8. The third kappa shape index (κ3) is 4.41. The molecule has 0 saturated carbocycles. The van der Waals surface area contributed by atoms with Crippen LogP contribution in [0.4, 0.5) is 0 Å². The fourth-order valence-corrected chi connectivity index (χ4v) is 2.63. The fraction of sp³-hybridized carbons (Fsp3) is 0.857. The van der Waals surface area contributed by atoms with E-state index in [2.05, 4.69) is 49.8 Å². The molecule has 1 saturated heterocycles. The van der Waals surface area contributed by atoms with Gasteiger partial charge in [-0.05, 0) is 53.5 Å². The van der Waals surface area contributed by atoms with E-state index < -0.39 is 0 Å². The maximum atomic E-state index is 4.15. The molecule has 0 spiro atoms. The van der Waals surface area contributed by atoms with Crippen molar-refractivity contribution in [3.63, 3.8) is 0 Å². The molecule has 0 aromatic heterocycles. The van der Waals surface area contributed by atoms with Crippen molar-refractivity contribution in [1.29, 1.82) is 0 Å². The molecule has 1 heterocycles. The molecule has 0 aromatic rings. The normalized spacial score (nSPS) is 25.5. The predicted molar refractivity (Wildman–Crippen MR) is 75.4 cm³/mol. The van der Waals surface area contributed by atoms with Gasteiger partial charge in [-0.15, -0.1) is 0 Å². The fourth-order valence-electron chi connectivity index (χ4n) is 2.63. The van der Waals surface area contributed by atoms with Crippen LogP contribution in [0.2, 0.25) is 0 Å². The van der Waals surface area contributed by atoms with Gasteiger partial charge in [0.25, 0.3) is 0 Å². The van der Waals surface area contributed by atoms with E-state index in [0.717, 1.165) is 19.4 Å². The molecule has 17 heavy (non-hydrogen) atoms. The average Bonchev–Trinajstić information content (AvgIpc) is 2.48. The smallest absolute Gasteiger partial charge is 0.0376 e. The van der Waals surface area contributed by atoms with Crippen LogP contribution in [0.3, 0.4) is 0 Å². The first-order valence-electron chi connectivity index (χ1n) is 6.81. The Hall–Kier alpha value is -0.380. The number of hydrogen-bond acceptors (Lipinski definition) is 3. The van der Waals surface area contributed by atoms with Gasteiger partial charge in [-0.2, -0.15) is 0 Å². The summed E-state index contributed by atoms with van der Waals surface area (Å²) in [4.78, 5) is 4.96. The maximum absolute atomic E-state index is 4.15. The molecule has 1 N–H and O–H groups in total. The van der Waals surface area contributed by atoms with E-state index in [1.165, 1.54) is 25.1 Å². The van der Waals surface area contributed by atoms with Gasteiger partial charge in [-0.1, -0.05) is 19.1 Å². The molecule has 0 bridgehead atoms. The van der Waals surface area contributed by atoms with Crippen LogP contribution in [-0.4, -0.2) is 62.7 Å². The first-order chi connectivity index (χ1) is 8.08. The summed E-state index contributed by atoms with van der Waals surface area (Å²) in [7, 11) is 6.56. The van der Waals surface area contributed by atoms with Gasteiger partial charge < -0.3 is 15.1 Å². The van der Waals surface area contributed by atoms with Crippen molar-refractivity contribution >= 4 is 0 Å². The Morgan fingerprint density at radius 2 is 2.12 bits per heavy atom. The lowest BCUT2D eigenvalue weighted by Gasteiger charge is -2.34. The van der Waals surface area contributed by atoms with Crippen LogP contribution >= 0.6 is 0 Å². The minimum Gasteiger partial charge on any atom is -0.315 e. The summed E-state index contributed by atoms with van der Waals surface area (Å²) >= 11 is 0. The highest BCUT2D eigenvalue weighted by Gasteiger charge is 2.27.